The Morgan fingerprint density at radius 1 is 0.976 bits per heavy atom. The first-order chi connectivity index (χ1) is 19.7. The molecule has 232 valence electrons. The van der Waals surface area contributed by atoms with Crippen molar-refractivity contribution in [2.45, 2.75) is 91.0 Å². The van der Waals surface area contributed by atoms with Gasteiger partial charge in [0.1, 0.15) is 18.2 Å². The Hall–Kier alpha value is -3.96. The van der Waals surface area contributed by atoms with Crippen LogP contribution in [0.1, 0.15) is 78.8 Å². The summed E-state index contributed by atoms with van der Waals surface area (Å²) < 4.78 is 5.15. The second-order valence-corrected chi connectivity index (χ2v) is 11.7. The molecular formula is C30H45N5O7. The van der Waals surface area contributed by atoms with Gasteiger partial charge in [0, 0.05) is 6.54 Å². The third kappa shape index (κ3) is 11.1. The lowest BCUT2D eigenvalue weighted by Crippen LogP contribution is -2.55. The van der Waals surface area contributed by atoms with Gasteiger partial charge in [0.2, 0.25) is 23.5 Å². The summed E-state index contributed by atoms with van der Waals surface area (Å²) in [6, 6.07) is 7.04. The van der Waals surface area contributed by atoms with Crippen LogP contribution in [-0.2, 0) is 28.7 Å². The number of ketones is 1. The topological polar surface area (TPSA) is 163 Å². The van der Waals surface area contributed by atoms with Gasteiger partial charge >= 0.3 is 6.09 Å². The fourth-order valence-electron chi connectivity index (χ4n) is 4.49. The Morgan fingerprint density at radius 3 is 2.26 bits per heavy atom. The molecule has 0 bridgehead atoms. The molecule has 4 unspecified atom stereocenters. The van der Waals surface area contributed by atoms with E-state index in [1.807, 2.05) is 51.1 Å². The van der Waals surface area contributed by atoms with E-state index in [-0.39, 0.29) is 24.9 Å². The highest BCUT2D eigenvalue weighted by Crippen LogP contribution is 2.19. The van der Waals surface area contributed by atoms with E-state index in [9.17, 15) is 28.8 Å². The number of rotatable bonds is 13. The molecule has 0 saturated carbocycles. The maximum absolute atomic E-state index is 13.3. The number of carbonyl (C=O) groups is 6. The van der Waals surface area contributed by atoms with E-state index in [0.717, 1.165) is 5.56 Å². The third-order valence-electron chi connectivity index (χ3n) is 6.94. The summed E-state index contributed by atoms with van der Waals surface area (Å²) in [5.74, 6) is -3.31. The maximum Gasteiger partial charge on any atom is 0.408 e. The fraction of sp³-hybridized carbons (Fsp3) is 0.600. The molecular weight excluding hydrogens is 542 g/mol. The molecule has 1 aliphatic rings. The molecule has 4 N–H and O–H groups in total. The molecule has 42 heavy (non-hydrogen) atoms. The minimum absolute atomic E-state index is 0.0152. The molecule has 1 aromatic carbocycles. The average molecular weight is 588 g/mol. The van der Waals surface area contributed by atoms with Gasteiger partial charge in [-0.1, -0.05) is 50.6 Å². The predicted octanol–water partition coefficient (Wildman–Crippen LogP) is 1.99. The molecule has 1 aromatic rings. The van der Waals surface area contributed by atoms with Crippen LogP contribution in [-0.4, -0.2) is 77.7 Å². The van der Waals surface area contributed by atoms with Crippen molar-refractivity contribution in [3.63, 3.8) is 0 Å². The van der Waals surface area contributed by atoms with Crippen molar-refractivity contribution in [2.75, 3.05) is 19.6 Å². The Balaban J connectivity index is 1.97. The highest BCUT2D eigenvalue weighted by atomic mass is 16.6. The Kier molecular flexibility index (Phi) is 12.9. The fourth-order valence-corrected chi connectivity index (χ4v) is 4.49. The number of hydrogen-bond acceptors (Lipinski definition) is 7. The molecule has 1 fully saturated rings. The number of nitrogens with zero attached hydrogens (tertiary/aromatic N) is 1. The van der Waals surface area contributed by atoms with Gasteiger partial charge < -0.3 is 30.9 Å². The summed E-state index contributed by atoms with van der Waals surface area (Å²) >= 11 is 0. The molecule has 1 heterocycles. The standard InChI is InChI=1S/C30H45N5O7/c1-7-19(2)16-22(26(38)28(40)31-17-24(36)33-20(3)21-12-9-8-10-13-21)34-27(39)23-14-11-15-35(23)25(37)18-32-29(41)42-30(4,5)6/h8-10,12-13,19-20,22-23H,7,11,14-18H2,1-6H3,(H,31,40)(H,32,41)(H,33,36)(H,34,39). The number of nitrogens with one attached hydrogen (secondary N) is 4. The number of hydrogen-bond donors (Lipinski definition) is 4. The van der Waals surface area contributed by atoms with Crippen molar-refractivity contribution in [3.05, 3.63) is 35.9 Å². The van der Waals surface area contributed by atoms with Crippen LogP contribution in [0.4, 0.5) is 4.79 Å². The van der Waals surface area contributed by atoms with Gasteiger partial charge in [-0.2, -0.15) is 0 Å². The number of carbonyl (C=O) groups excluding carboxylic acids is 6. The summed E-state index contributed by atoms with van der Waals surface area (Å²) in [6.07, 6.45) is 1.12. The second-order valence-electron chi connectivity index (χ2n) is 11.7. The normalized spacial score (nSPS) is 16.9. The van der Waals surface area contributed by atoms with Gasteiger partial charge in [0.15, 0.2) is 0 Å². The van der Waals surface area contributed by atoms with Crippen LogP contribution in [0.2, 0.25) is 0 Å². The van der Waals surface area contributed by atoms with Gasteiger partial charge in [-0.3, -0.25) is 24.0 Å². The molecule has 12 nitrogen and oxygen atoms in total. The molecule has 4 atom stereocenters. The second kappa shape index (κ2) is 15.9. The minimum atomic E-state index is -1.13. The quantitative estimate of drug-likeness (QED) is 0.257. The maximum atomic E-state index is 13.3. The SMILES string of the molecule is CCC(C)CC(NC(=O)C1CCCN1C(=O)CNC(=O)OC(C)(C)C)C(=O)C(=O)NCC(=O)NC(C)c1ccccc1. The molecule has 0 aromatic heterocycles. The van der Waals surface area contributed by atoms with Crippen molar-refractivity contribution in [1.82, 2.24) is 26.2 Å². The third-order valence-corrected chi connectivity index (χ3v) is 6.94. The molecule has 1 saturated heterocycles. The zero-order valence-corrected chi connectivity index (χ0v) is 25.5. The van der Waals surface area contributed by atoms with E-state index in [0.29, 0.717) is 25.8 Å². The lowest BCUT2D eigenvalue weighted by Gasteiger charge is -2.27. The Labute approximate surface area is 247 Å². The molecule has 1 aliphatic heterocycles. The van der Waals surface area contributed by atoms with E-state index >= 15 is 0 Å². The molecule has 5 amide bonds. The van der Waals surface area contributed by atoms with Crippen LogP contribution in [0.3, 0.4) is 0 Å². The monoisotopic (exact) mass is 587 g/mol. The van der Waals surface area contributed by atoms with Crippen LogP contribution < -0.4 is 21.3 Å². The van der Waals surface area contributed by atoms with Gasteiger partial charge in [-0.05, 0) is 58.4 Å². The highest BCUT2D eigenvalue weighted by molar-refractivity contribution is 6.38. The Bertz CT molecular complexity index is 1120. The van der Waals surface area contributed by atoms with Crippen LogP contribution >= 0.6 is 0 Å². The van der Waals surface area contributed by atoms with Crippen molar-refractivity contribution in [3.8, 4) is 0 Å². The first kappa shape index (κ1) is 34.2. The number of amides is 5. The zero-order valence-electron chi connectivity index (χ0n) is 25.5. The number of Topliss-reactive ketones (excluding diaryl/α,β-unsaturated/α-hetero) is 1. The summed E-state index contributed by atoms with van der Waals surface area (Å²) in [5, 5.41) is 10.2. The molecule has 2 rings (SSSR count). The number of likely N-dealkylation sites (tertiary alicyclic amines) is 1. The van der Waals surface area contributed by atoms with E-state index in [2.05, 4.69) is 21.3 Å². The van der Waals surface area contributed by atoms with Gasteiger partial charge in [0.05, 0.1) is 18.6 Å². The lowest BCUT2D eigenvalue weighted by molar-refractivity contribution is -0.142. The number of alkyl carbamates (subject to hydrolysis) is 1. The smallest absolute Gasteiger partial charge is 0.408 e. The van der Waals surface area contributed by atoms with E-state index in [1.165, 1.54) is 4.90 Å². The van der Waals surface area contributed by atoms with Gasteiger partial charge in [0.25, 0.3) is 5.91 Å². The largest absolute Gasteiger partial charge is 0.444 e. The first-order valence-corrected chi connectivity index (χ1v) is 14.4. The van der Waals surface area contributed by atoms with Crippen molar-refractivity contribution in [1.29, 1.82) is 0 Å². The van der Waals surface area contributed by atoms with Crippen molar-refractivity contribution in [2.24, 2.45) is 5.92 Å². The number of benzene rings is 1. The average Bonchev–Trinajstić information content (AvgIpc) is 3.43. The summed E-state index contributed by atoms with van der Waals surface area (Å²) in [6.45, 7) is 10.3. The molecule has 0 spiro atoms. The van der Waals surface area contributed by atoms with E-state index in [1.54, 1.807) is 20.8 Å². The summed E-state index contributed by atoms with van der Waals surface area (Å²) in [7, 11) is 0. The van der Waals surface area contributed by atoms with Crippen LogP contribution in [0.5, 0.6) is 0 Å². The van der Waals surface area contributed by atoms with Crippen LogP contribution in [0.25, 0.3) is 0 Å². The lowest BCUT2D eigenvalue weighted by atomic mass is 9.95. The highest BCUT2D eigenvalue weighted by Gasteiger charge is 2.37. The van der Waals surface area contributed by atoms with Gasteiger partial charge in [-0.15, -0.1) is 0 Å². The predicted molar refractivity (Wildman–Crippen MR) is 156 cm³/mol. The molecule has 0 aliphatic carbocycles. The Morgan fingerprint density at radius 2 is 1.64 bits per heavy atom. The van der Waals surface area contributed by atoms with Crippen LogP contribution in [0, 0.1) is 5.92 Å². The van der Waals surface area contributed by atoms with E-state index < -0.39 is 59.7 Å². The van der Waals surface area contributed by atoms with Crippen molar-refractivity contribution >= 4 is 35.5 Å². The zero-order chi connectivity index (χ0) is 31.4. The molecule has 12 heteroatoms. The van der Waals surface area contributed by atoms with E-state index in [4.69, 9.17) is 4.74 Å². The molecule has 0 radical (unpaired) electrons. The van der Waals surface area contributed by atoms with Gasteiger partial charge in [-0.25, -0.2) is 4.79 Å². The number of ether oxygens (including phenoxy) is 1. The summed E-state index contributed by atoms with van der Waals surface area (Å²) in [5.41, 5.74) is 0.168. The minimum Gasteiger partial charge on any atom is -0.444 e. The first-order valence-electron chi connectivity index (χ1n) is 14.4. The van der Waals surface area contributed by atoms with Crippen LogP contribution in [0.15, 0.2) is 30.3 Å². The van der Waals surface area contributed by atoms with Crippen molar-refractivity contribution < 1.29 is 33.5 Å². The summed E-state index contributed by atoms with van der Waals surface area (Å²) in [4.78, 5) is 77.6.